The third-order valence-corrected chi connectivity index (χ3v) is 7.09. The summed E-state index contributed by atoms with van der Waals surface area (Å²) < 4.78 is 0. The molecule has 2 saturated carbocycles. The van der Waals surface area contributed by atoms with Gasteiger partial charge < -0.3 is 0 Å². The van der Waals surface area contributed by atoms with Gasteiger partial charge in [0.25, 0.3) is 0 Å². The van der Waals surface area contributed by atoms with E-state index in [-0.39, 0.29) is 0 Å². The average Bonchev–Trinajstić information content (AvgIpc) is 2.87. The highest BCUT2D eigenvalue weighted by Crippen LogP contribution is 2.58. The fourth-order valence-corrected chi connectivity index (χ4v) is 4.78. The molecule has 0 amide bonds. The van der Waals surface area contributed by atoms with Gasteiger partial charge in [0.2, 0.25) is 0 Å². The lowest BCUT2D eigenvalue weighted by molar-refractivity contribution is -0.0108. The van der Waals surface area contributed by atoms with E-state index in [2.05, 4.69) is 41.5 Å². The molecule has 0 N–H and O–H groups in total. The summed E-state index contributed by atoms with van der Waals surface area (Å²) >= 11 is 0. The number of hydrogen-bond donors (Lipinski definition) is 0. The summed E-state index contributed by atoms with van der Waals surface area (Å²) in [6.45, 7) is 15.2. The molecular weight excluding hydrogens is 216 g/mol. The summed E-state index contributed by atoms with van der Waals surface area (Å²) in [5, 5.41) is 0. The van der Waals surface area contributed by atoms with Crippen molar-refractivity contribution in [2.75, 3.05) is 0 Å². The van der Waals surface area contributed by atoms with E-state index < -0.39 is 0 Å². The Kier molecular flexibility index (Phi) is 3.87. The van der Waals surface area contributed by atoms with Crippen LogP contribution in [0.3, 0.4) is 0 Å². The van der Waals surface area contributed by atoms with Crippen molar-refractivity contribution < 1.29 is 0 Å². The zero-order valence-electron chi connectivity index (χ0n) is 13.6. The van der Waals surface area contributed by atoms with E-state index in [9.17, 15) is 0 Å². The first kappa shape index (κ1) is 14.4. The monoisotopic (exact) mass is 250 g/mol. The van der Waals surface area contributed by atoms with E-state index in [1.165, 1.54) is 38.5 Å². The Labute approximate surface area is 115 Å². The second kappa shape index (κ2) is 4.84. The quantitative estimate of drug-likeness (QED) is 0.584. The smallest absolute Gasteiger partial charge is 0.0272 e. The Morgan fingerprint density at radius 2 is 0.944 bits per heavy atom. The van der Waals surface area contributed by atoms with Gasteiger partial charge in [-0.15, -0.1) is 0 Å². The van der Waals surface area contributed by atoms with Crippen molar-refractivity contribution in [3.05, 3.63) is 0 Å². The first-order valence-corrected chi connectivity index (χ1v) is 8.25. The molecule has 4 atom stereocenters. The molecule has 0 radical (unpaired) electrons. The maximum Gasteiger partial charge on any atom is -0.0272 e. The Morgan fingerprint density at radius 3 is 1.17 bits per heavy atom. The summed E-state index contributed by atoms with van der Waals surface area (Å²) in [5.74, 6) is 3.84. The van der Waals surface area contributed by atoms with Gasteiger partial charge in [0.1, 0.15) is 0 Å². The van der Waals surface area contributed by atoms with Crippen LogP contribution < -0.4 is 0 Å². The minimum Gasteiger partial charge on any atom is -0.0625 e. The Hall–Kier alpha value is 0. The van der Waals surface area contributed by atoms with Gasteiger partial charge in [0, 0.05) is 0 Å². The normalized spacial score (nSPS) is 38.3. The molecule has 106 valence electrons. The molecule has 2 aliphatic rings. The molecule has 18 heavy (non-hydrogen) atoms. The SMILES string of the molecule is CC1CCC(C(C)(C)C(C)(C)C2CCC(C)C2)C1. The maximum atomic E-state index is 2.57. The van der Waals surface area contributed by atoms with Gasteiger partial charge >= 0.3 is 0 Å². The van der Waals surface area contributed by atoms with Crippen LogP contribution in [-0.4, -0.2) is 0 Å². The third kappa shape index (κ3) is 2.37. The summed E-state index contributed by atoms with van der Waals surface area (Å²) in [6, 6.07) is 0. The number of rotatable bonds is 3. The van der Waals surface area contributed by atoms with Crippen molar-refractivity contribution in [2.24, 2.45) is 34.5 Å². The molecule has 0 spiro atoms. The number of hydrogen-bond acceptors (Lipinski definition) is 0. The van der Waals surface area contributed by atoms with Crippen LogP contribution in [0.15, 0.2) is 0 Å². The fraction of sp³-hybridized carbons (Fsp3) is 1.00. The molecule has 4 unspecified atom stereocenters. The Bertz CT molecular complexity index is 256. The van der Waals surface area contributed by atoms with Gasteiger partial charge in [-0.1, -0.05) is 54.4 Å². The van der Waals surface area contributed by atoms with Crippen molar-refractivity contribution >= 4 is 0 Å². The van der Waals surface area contributed by atoms with Crippen LogP contribution in [0, 0.1) is 34.5 Å². The minimum atomic E-state index is 0.506. The minimum absolute atomic E-state index is 0.506. The molecule has 0 heteroatoms. The predicted octanol–water partition coefficient (Wildman–Crippen LogP) is 5.91. The lowest BCUT2D eigenvalue weighted by atomic mass is 9.55. The largest absolute Gasteiger partial charge is 0.0625 e. The zero-order chi connectivity index (χ0) is 13.6. The molecule has 0 nitrogen and oxygen atoms in total. The second-order valence-electron chi connectivity index (χ2n) is 8.67. The van der Waals surface area contributed by atoms with Crippen LogP contribution in [0.25, 0.3) is 0 Å². The van der Waals surface area contributed by atoms with Crippen LogP contribution >= 0.6 is 0 Å². The van der Waals surface area contributed by atoms with Gasteiger partial charge in [-0.3, -0.25) is 0 Å². The van der Waals surface area contributed by atoms with E-state index in [4.69, 9.17) is 0 Å². The van der Waals surface area contributed by atoms with Gasteiger partial charge in [0.15, 0.2) is 0 Å². The second-order valence-corrected chi connectivity index (χ2v) is 8.67. The molecule has 0 aromatic rings. The first-order valence-electron chi connectivity index (χ1n) is 8.25. The summed E-state index contributed by atoms with van der Waals surface area (Å²) in [4.78, 5) is 0. The molecule has 0 aromatic heterocycles. The van der Waals surface area contributed by atoms with Crippen LogP contribution in [0.5, 0.6) is 0 Å². The highest BCUT2D eigenvalue weighted by molar-refractivity contribution is 4.99. The van der Waals surface area contributed by atoms with E-state index in [0.29, 0.717) is 10.8 Å². The van der Waals surface area contributed by atoms with E-state index in [1.54, 1.807) is 0 Å². The molecule has 0 bridgehead atoms. The third-order valence-electron chi connectivity index (χ3n) is 7.09. The van der Waals surface area contributed by atoms with E-state index >= 15 is 0 Å². The lowest BCUT2D eigenvalue weighted by Crippen LogP contribution is -2.43. The van der Waals surface area contributed by atoms with Crippen molar-refractivity contribution in [1.29, 1.82) is 0 Å². The maximum absolute atomic E-state index is 2.57. The lowest BCUT2D eigenvalue weighted by Gasteiger charge is -2.50. The van der Waals surface area contributed by atoms with Gasteiger partial charge in [-0.2, -0.15) is 0 Å². The van der Waals surface area contributed by atoms with Gasteiger partial charge in [-0.05, 0) is 60.2 Å². The van der Waals surface area contributed by atoms with Crippen molar-refractivity contribution in [1.82, 2.24) is 0 Å². The highest BCUT2D eigenvalue weighted by Gasteiger charge is 2.49. The first-order chi connectivity index (χ1) is 8.25. The Balaban J connectivity index is 2.12. The fourth-order valence-electron chi connectivity index (χ4n) is 4.78. The van der Waals surface area contributed by atoms with Crippen LogP contribution in [0.4, 0.5) is 0 Å². The van der Waals surface area contributed by atoms with Gasteiger partial charge in [0.05, 0.1) is 0 Å². The van der Waals surface area contributed by atoms with E-state index in [0.717, 1.165) is 23.7 Å². The van der Waals surface area contributed by atoms with E-state index in [1.807, 2.05) is 0 Å². The van der Waals surface area contributed by atoms with Crippen molar-refractivity contribution in [2.45, 2.75) is 80.1 Å². The standard InChI is InChI=1S/C18H34/c1-13-7-9-15(11-13)17(3,4)18(5,6)16-10-8-14(2)12-16/h13-16H,7-12H2,1-6H3. The topological polar surface area (TPSA) is 0 Å². The molecule has 0 aromatic carbocycles. The summed E-state index contributed by atoms with van der Waals surface area (Å²) in [6.07, 6.45) is 8.81. The van der Waals surface area contributed by atoms with Crippen LogP contribution in [0.2, 0.25) is 0 Å². The van der Waals surface area contributed by atoms with Gasteiger partial charge in [-0.25, -0.2) is 0 Å². The van der Waals surface area contributed by atoms with Crippen LogP contribution in [0.1, 0.15) is 80.1 Å². The molecular formula is C18H34. The van der Waals surface area contributed by atoms with Crippen molar-refractivity contribution in [3.8, 4) is 0 Å². The molecule has 2 fully saturated rings. The van der Waals surface area contributed by atoms with Crippen molar-refractivity contribution in [3.63, 3.8) is 0 Å². The molecule has 0 saturated heterocycles. The highest BCUT2D eigenvalue weighted by atomic mass is 14.5. The summed E-state index contributed by atoms with van der Waals surface area (Å²) in [5.41, 5.74) is 1.01. The predicted molar refractivity (Wildman–Crippen MR) is 80.6 cm³/mol. The molecule has 0 heterocycles. The zero-order valence-corrected chi connectivity index (χ0v) is 13.6. The molecule has 2 rings (SSSR count). The van der Waals surface area contributed by atoms with Crippen LogP contribution in [-0.2, 0) is 0 Å². The average molecular weight is 250 g/mol. The Morgan fingerprint density at radius 1 is 0.611 bits per heavy atom. The summed E-state index contributed by atoms with van der Waals surface area (Å²) in [7, 11) is 0. The molecule has 2 aliphatic carbocycles. The molecule has 0 aliphatic heterocycles.